The maximum atomic E-state index is 12.0. The molecule has 0 amide bonds. The summed E-state index contributed by atoms with van der Waals surface area (Å²) in [5, 5.41) is 60.8. The average Bonchev–Trinajstić information content (AvgIpc) is 3.21. The van der Waals surface area contributed by atoms with E-state index in [4.69, 9.17) is 5.73 Å². The molecule has 1 saturated heterocycles. The van der Waals surface area contributed by atoms with Crippen molar-refractivity contribution in [3.05, 3.63) is 12.2 Å². The van der Waals surface area contributed by atoms with Crippen LogP contribution >= 0.6 is 0 Å². The number of aliphatic hydroxyl groups is 4. The molecule has 44 heavy (non-hydrogen) atoms. The maximum Gasteiger partial charge on any atom is 0.137 e. The fourth-order valence-corrected chi connectivity index (χ4v) is 8.50. The summed E-state index contributed by atoms with van der Waals surface area (Å²) in [4.78, 5) is 12.0. The van der Waals surface area contributed by atoms with E-state index in [9.17, 15) is 30.3 Å². The first-order chi connectivity index (χ1) is 21.1. The highest BCUT2D eigenvalue weighted by molar-refractivity contribution is 5.68. The van der Waals surface area contributed by atoms with Crippen LogP contribution in [0.4, 0.5) is 0 Å². The fourth-order valence-electron chi connectivity index (χ4n) is 8.50. The van der Waals surface area contributed by atoms with Gasteiger partial charge in [-0.3, -0.25) is 5.73 Å². The molecule has 0 aromatic heterocycles. The largest absolute Gasteiger partial charge is 0.550 e. The van der Waals surface area contributed by atoms with E-state index in [0.717, 1.165) is 71.0 Å². The van der Waals surface area contributed by atoms with Crippen LogP contribution in [0.15, 0.2) is 12.2 Å². The number of unbranched alkanes of at least 4 members (excludes halogenated alkanes) is 4. The van der Waals surface area contributed by atoms with Gasteiger partial charge in [0.05, 0.1) is 43.5 Å². The van der Waals surface area contributed by atoms with Crippen molar-refractivity contribution in [1.82, 2.24) is 0 Å². The minimum atomic E-state index is -1.33. The summed E-state index contributed by atoms with van der Waals surface area (Å²) in [6.45, 7) is 6.94. The van der Waals surface area contributed by atoms with Crippen molar-refractivity contribution in [3.63, 3.8) is 0 Å². The molecule has 1 heterocycles. The topological polar surface area (TPSA) is 180 Å². The van der Waals surface area contributed by atoms with E-state index >= 15 is 0 Å². The molecule has 9 nitrogen and oxygen atoms in total. The Morgan fingerprint density at radius 1 is 1.09 bits per heavy atom. The van der Waals surface area contributed by atoms with E-state index in [2.05, 4.69) is 36.6 Å². The highest BCUT2D eigenvalue weighted by Crippen LogP contribution is 2.45. The van der Waals surface area contributed by atoms with E-state index < -0.39 is 29.7 Å². The van der Waals surface area contributed by atoms with Crippen LogP contribution in [0.25, 0.3) is 0 Å². The van der Waals surface area contributed by atoms with Gasteiger partial charge in [0.2, 0.25) is 0 Å². The summed E-state index contributed by atoms with van der Waals surface area (Å²) in [5.41, 5.74) is 4.85. The Balaban J connectivity index is 1.44. The lowest BCUT2D eigenvalue weighted by Crippen LogP contribution is -2.94. The third-order valence-electron chi connectivity index (χ3n) is 11.2. The molecule has 0 spiro atoms. The molecular formula is C35H66N3O6+. The van der Waals surface area contributed by atoms with Gasteiger partial charge in [-0.05, 0) is 82.5 Å². The first-order valence-corrected chi connectivity index (χ1v) is 18.1. The van der Waals surface area contributed by atoms with Gasteiger partial charge in [-0.2, -0.15) is 0 Å². The molecule has 2 aliphatic carbocycles. The highest BCUT2D eigenvalue weighted by Gasteiger charge is 2.53. The Morgan fingerprint density at radius 2 is 1.86 bits per heavy atom. The van der Waals surface area contributed by atoms with Crippen molar-refractivity contribution in [1.29, 1.82) is 0 Å². The summed E-state index contributed by atoms with van der Waals surface area (Å²) in [6, 6.07) is 0. The van der Waals surface area contributed by atoms with Crippen molar-refractivity contribution >= 4 is 5.97 Å². The number of allylic oxidation sites excluding steroid dienone is 1. The lowest BCUT2D eigenvalue weighted by Gasteiger charge is -2.31. The number of carboxylic acids is 1. The molecular weight excluding hydrogens is 558 g/mol. The molecule has 3 aliphatic rings. The van der Waals surface area contributed by atoms with Gasteiger partial charge in [0.25, 0.3) is 0 Å². The Morgan fingerprint density at radius 3 is 2.55 bits per heavy atom. The number of hydrogen-bond acceptors (Lipinski definition) is 7. The van der Waals surface area contributed by atoms with Gasteiger partial charge in [0, 0.05) is 30.1 Å². The SMILES string of the molecule is CCCCCC1C=CC(CCCCCC(C(=O)[O-])C(O)CCC2(O)CC(CC3CC[NH2+]C(N)C3)C(C[NH2+]CC)C2O)C(O)C1. The van der Waals surface area contributed by atoms with Crippen LogP contribution in [0, 0.1) is 35.5 Å². The minimum Gasteiger partial charge on any atom is -0.550 e. The summed E-state index contributed by atoms with van der Waals surface area (Å²) >= 11 is 0. The number of carbonyl (C=O) groups excluding carboxylic acids is 1. The smallest absolute Gasteiger partial charge is 0.137 e. The van der Waals surface area contributed by atoms with Crippen LogP contribution in [-0.4, -0.2) is 76.1 Å². The first kappa shape index (κ1) is 37.4. The number of aliphatic hydroxyl groups excluding tert-OH is 3. The summed E-state index contributed by atoms with van der Waals surface area (Å²) in [7, 11) is 0. The van der Waals surface area contributed by atoms with Crippen LogP contribution in [0.5, 0.6) is 0 Å². The zero-order chi connectivity index (χ0) is 32.1. The quantitative estimate of drug-likeness (QED) is 0.0762. The fraction of sp³-hybridized carbons (Fsp3) is 0.914. The van der Waals surface area contributed by atoms with E-state index in [1.54, 1.807) is 0 Å². The van der Waals surface area contributed by atoms with Gasteiger partial charge in [0.15, 0.2) is 0 Å². The molecule has 9 heteroatoms. The van der Waals surface area contributed by atoms with E-state index in [1.807, 2.05) is 0 Å². The second-order valence-corrected chi connectivity index (χ2v) is 14.7. The van der Waals surface area contributed by atoms with Crippen molar-refractivity contribution < 1.29 is 41.0 Å². The number of aliphatic carboxylic acids is 1. The molecule has 0 aromatic rings. The van der Waals surface area contributed by atoms with Gasteiger partial charge >= 0.3 is 0 Å². The third-order valence-corrected chi connectivity index (χ3v) is 11.2. The van der Waals surface area contributed by atoms with E-state index in [0.29, 0.717) is 31.1 Å². The van der Waals surface area contributed by atoms with Crippen molar-refractivity contribution in [2.45, 2.75) is 147 Å². The molecule has 11 unspecified atom stereocenters. The molecule has 256 valence electrons. The number of piperidine rings is 1. The monoisotopic (exact) mass is 624 g/mol. The normalized spacial score (nSPS) is 35.5. The Hall–Kier alpha value is -1.07. The minimum absolute atomic E-state index is 0.0411. The van der Waals surface area contributed by atoms with Crippen LogP contribution in [-0.2, 0) is 4.79 Å². The molecule has 0 aromatic carbocycles. The van der Waals surface area contributed by atoms with Crippen molar-refractivity contribution in [3.8, 4) is 0 Å². The van der Waals surface area contributed by atoms with E-state index in [-0.39, 0.29) is 42.9 Å². The molecule has 1 saturated carbocycles. The average molecular weight is 625 g/mol. The number of quaternary nitrogens is 2. The first-order valence-electron chi connectivity index (χ1n) is 18.1. The summed E-state index contributed by atoms with van der Waals surface area (Å²) in [6.07, 6.45) is 15.2. The second-order valence-electron chi connectivity index (χ2n) is 14.7. The van der Waals surface area contributed by atoms with Gasteiger partial charge < -0.3 is 41.0 Å². The molecule has 10 N–H and O–H groups in total. The van der Waals surface area contributed by atoms with Gasteiger partial charge in [-0.25, -0.2) is 0 Å². The van der Waals surface area contributed by atoms with Crippen LogP contribution in [0.2, 0.25) is 0 Å². The Labute approximate surface area is 266 Å². The van der Waals surface area contributed by atoms with Gasteiger partial charge in [-0.1, -0.05) is 57.6 Å². The summed E-state index contributed by atoms with van der Waals surface area (Å²) < 4.78 is 0. The third kappa shape index (κ3) is 11.3. The molecule has 2 fully saturated rings. The Kier molecular flexibility index (Phi) is 16.1. The molecule has 1 aliphatic heterocycles. The predicted octanol–water partition coefficient (Wildman–Crippen LogP) is 0.537. The van der Waals surface area contributed by atoms with Crippen LogP contribution in [0.1, 0.15) is 117 Å². The molecule has 3 rings (SSSR count). The predicted molar refractivity (Wildman–Crippen MR) is 170 cm³/mol. The van der Waals surface area contributed by atoms with Crippen LogP contribution < -0.4 is 21.5 Å². The number of rotatable bonds is 20. The van der Waals surface area contributed by atoms with Gasteiger partial charge in [0.1, 0.15) is 6.17 Å². The standard InChI is InChI=1S/C35H65N3O6/c1-3-5-7-10-24-13-14-26(31(40)20-24)11-8-6-9-12-28(34(42)43)30(39)15-17-35(44)22-27(29(33(35)41)23-37-4-2)19-25-16-18-38-32(36)21-25/h13-14,24-33,37-41,44H,3-12,15-23,36H2,1-2H3,(H,42,43)/p+1. The van der Waals surface area contributed by atoms with E-state index in [1.165, 1.54) is 19.3 Å². The lowest BCUT2D eigenvalue weighted by atomic mass is 9.81. The zero-order valence-electron chi connectivity index (χ0n) is 27.7. The maximum absolute atomic E-state index is 12.0. The zero-order valence-corrected chi connectivity index (χ0v) is 27.7. The summed E-state index contributed by atoms with van der Waals surface area (Å²) in [5.74, 6) is -1.00. The van der Waals surface area contributed by atoms with Crippen LogP contribution in [0.3, 0.4) is 0 Å². The number of carboxylic acid groups (broad SMARTS) is 1. The number of nitrogens with two attached hydrogens (primary N) is 3. The molecule has 0 bridgehead atoms. The highest BCUT2D eigenvalue weighted by atomic mass is 16.4. The Bertz CT molecular complexity index is 860. The second kappa shape index (κ2) is 18.9. The number of hydrogen-bond donors (Lipinski definition) is 7. The number of carbonyl (C=O) groups is 1. The van der Waals surface area contributed by atoms with Crippen molar-refractivity contribution in [2.75, 3.05) is 19.6 Å². The lowest BCUT2D eigenvalue weighted by molar-refractivity contribution is -0.699. The van der Waals surface area contributed by atoms with Gasteiger partial charge in [-0.15, -0.1) is 0 Å². The molecule has 11 atom stereocenters. The van der Waals surface area contributed by atoms with Crippen molar-refractivity contribution in [2.24, 2.45) is 41.2 Å². The molecule has 0 radical (unpaired) electrons.